The highest BCUT2D eigenvalue weighted by Crippen LogP contribution is 2.51. The van der Waals surface area contributed by atoms with Gasteiger partial charge in [-0.25, -0.2) is 9.59 Å². The number of carboxylic acid groups (broad SMARTS) is 1. The first-order valence-corrected chi connectivity index (χ1v) is 17.1. The number of aliphatic hydroxyl groups is 6. The van der Waals surface area contributed by atoms with Crippen LogP contribution in [0.25, 0.3) is 22.3 Å². The largest absolute Gasteiger partial charge is 0.507 e. The molecular weight excluding hydrogens is 734 g/mol. The number of benzene rings is 2. The summed E-state index contributed by atoms with van der Waals surface area (Å²) in [5.41, 5.74) is 0.678. The van der Waals surface area contributed by atoms with Crippen molar-refractivity contribution in [3.63, 3.8) is 0 Å². The first-order valence-electron chi connectivity index (χ1n) is 17.1. The number of hydrogen-bond donors (Lipinski definition) is 11. The molecule has 55 heavy (non-hydrogen) atoms. The van der Waals surface area contributed by atoms with Crippen molar-refractivity contribution in [2.45, 2.75) is 93.0 Å². The molecule has 11 unspecified atom stereocenters. The summed E-state index contributed by atoms with van der Waals surface area (Å²) in [6.07, 6.45) is -17.6. The molecule has 0 radical (unpaired) electrons. The highest BCUT2D eigenvalue weighted by Gasteiger charge is 2.60. The van der Waals surface area contributed by atoms with E-state index in [-0.39, 0.29) is 46.4 Å². The van der Waals surface area contributed by atoms with Gasteiger partial charge < -0.3 is 79.4 Å². The Labute approximate surface area is 308 Å². The van der Waals surface area contributed by atoms with Gasteiger partial charge in [0.05, 0.1) is 0 Å². The van der Waals surface area contributed by atoms with Crippen molar-refractivity contribution in [2.75, 3.05) is 0 Å². The number of aromatic hydroxyl groups is 3. The second-order valence-corrected chi connectivity index (χ2v) is 13.6. The number of fused-ring (bicyclic) bond motifs is 2. The third-order valence-electron chi connectivity index (χ3n) is 10.3. The molecule has 0 aliphatic carbocycles. The lowest BCUT2D eigenvalue weighted by Gasteiger charge is -2.47. The van der Waals surface area contributed by atoms with Gasteiger partial charge in [-0.1, -0.05) is 6.92 Å². The number of carbonyl (C=O) groups is 2. The molecule has 3 aliphatic heterocycles. The number of aromatic amines is 1. The van der Waals surface area contributed by atoms with Gasteiger partial charge in [0, 0.05) is 47.5 Å². The molecule has 294 valence electrons. The number of phenolic OH excluding ortho intramolecular Hbond substituents is 3. The van der Waals surface area contributed by atoms with E-state index in [4.69, 9.17) is 23.4 Å². The van der Waals surface area contributed by atoms with Crippen LogP contribution in [0.3, 0.4) is 0 Å². The Bertz CT molecular complexity index is 2200. The number of aromatic nitrogens is 1. The Balaban J connectivity index is 1.31. The second kappa shape index (κ2) is 14.1. The Hall–Kier alpha value is -5.25. The van der Waals surface area contributed by atoms with E-state index >= 15 is 0 Å². The molecule has 2 aromatic heterocycles. The lowest BCUT2D eigenvalue weighted by Crippen LogP contribution is -2.68. The Morgan fingerprint density at radius 2 is 1.64 bits per heavy atom. The standard InChI is InChI=1S/C36H37NO18/c1-2-14-7-13(11-37-14)15-5-6-36(32(47)28(45)27(44)31(55-36)34(50)53-35-29(46)25(42)26(43)30(52-35)33(48)49)54-21-10-20-23(24(41)22(15)21)18(40)9-19(51-20)12-3-4-16(38)17(39)8-12/h3-4,7-11,15,25-32,35,37-39,41-47H,2,5-6H2,1H3,(H,48,49). The number of carbonyl (C=O) groups excluding carboxylic acids is 1. The van der Waals surface area contributed by atoms with Crippen LogP contribution in [0.1, 0.15) is 42.5 Å². The molecule has 1 spiro atoms. The summed E-state index contributed by atoms with van der Waals surface area (Å²) in [5, 5.41) is 105. The molecule has 7 rings (SSSR count). The van der Waals surface area contributed by atoms with Crippen molar-refractivity contribution in [3.8, 4) is 34.3 Å². The third kappa shape index (κ3) is 6.43. The predicted octanol–water partition coefficient (Wildman–Crippen LogP) is -0.615. The van der Waals surface area contributed by atoms with E-state index in [9.17, 15) is 65.4 Å². The van der Waals surface area contributed by atoms with Gasteiger partial charge >= 0.3 is 11.9 Å². The van der Waals surface area contributed by atoms with Gasteiger partial charge in [0.2, 0.25) is 12.1 Å². The average molecular weight is 772 g/mol. The van der Waals surface area contributed by atoms with E-state index in [2.05, 4.69) is 4.98 Å². The Morgan fingerprint density at radius 1 is 0.909 bits per heavy atom. The van der Waals surface area contributed by atoms with Crippen molar-refractivity contribution >= 4 is 22.9 Å². The summed E-state index contributed by atoms with van der Waals surface area (Å²) in [7, 11) is 0. The quantitative estimate of drug-likeness (QED) is 0.0860. The maximum atomic E-state index is 13.6. The monoisotopic (exact) mass is 771 g/mol. The smallest absolute Gasteiger partial charge is 0.340 e. The van der Waals surface area contributed by atoms with Gasteiger partial charge in [-0.15, -0.1) is 0 Å². The average Bonchev–Trinajstić information content (AvgIpc) is 3.56. The van der Waals surface area contributed by atoms with Crippen LogP contribution in [0.5, 0.6) is 23.0 Å². The zero-order valence-electron chi connectivity index (χ0n) is 28.7. The molecular formula is C36H37NO18. The number of aliphatic carboxylic acids is 1. The van der Waals surface area contributed by atoms with Crippen LogP contribution < -0.4 is 10.2 Å². The number of hydrogen-bond acceptors (Lipinski definition) is 17. The van der Waals surface area contributed by atoms with Crippen LogP contribution in [-0.2, 0) is 30.2 Å². The Kier molecular flexibility index (Phi) is 9.76. The van der Waals surface area contributed by atoms with E-state index in [1.165, 1.54) is 18.2 Å². The number of aliphatic hydroxyl groups excluding tert-OH is 6. The first kappa shape index (κ1) is 38.0. The number of esters is 1. The normalized spacial score (nSPS) is 32.1. The second-order valence-electron chi connectivity index (χ2n) is 13.6. The zero-order valence-corrected chi connectivity index (χ0v) is 28.7. The summed E-state index contributed by atoms with van der Waals surface area (Å²) in [5.74, 6) is -8.37. The number of rotatable bonds is 6. The van der Waals surface area contributed by atoms with Crippen LogP contribution in [-0.4, -0.2) is 129 Å². The number of ether oxygens (including phenoxy) is 4. The molecule has 2 fully saturated rings. The maximum absolute atomic E-state index is 13.6. The van der Waals surface area contributed by atoms with Crippen LogP contribution >= 0.6 is 0 Å². The predicted molar refractivity (Wildman–Crippen MR) is 181 cm³/mol. The topological polar surface area (TPSA) is 319 Å². The van der Waals surface area contributed by atoms with E-state index in [1.807, 2.05) is 6.92 Å². The van der Waals surface area contributed by atoms with Crippen molar-refractivity contribution < 1.29 is 84.0 Å². The van der Waals surface area contributed by atoms with E-state index in [0.29, 0.717) is 12.0 Å². The van der Waals surface area contributed by atoms with Gasteiger partial charge in [-0.2, -0.15) is 0 Å². The van der Waals surface area contributed by atoms with Gasteiger partial charge in [0.1, 0.15) is 64.9 Å². The minimum Gasteiger partial charge on any atom is -0.507 e. The van der Waals surface area contributed by atoms with E-state index < -0.39 is 101 Å². The molecule has 19 heteroatoms. The fraction of sp³-hybridized carbons (Fsp3) is 0.417. The number of carboxylic acids is 1. The van der Waals surface area contributed by atoms with Gasteiger partial charge in [-0.05, 0) is 42.7 Å². The molecule has 0 amide bonds. The highest BCUT2D eigenvalue weighted by atomic mass is 16.8. The first-order chi connectivity index (χ1) is 26.0. The molecule has 0 saturated carbocycles. The summed E-state index contributed by atoms with van der Waals surface area (Å²) >= 11 is 0. The summed E-state index contributed by atoms with van der Waals surface area (Å²) in [4.78, 5) is 41.8. The summed E-state index contributed by atoms with van der Waals surface area (Å²) < 4.78 is 28.3. The molecule has 11 atom stereocenters. The summed E-state index contributed by atoms with van der Waals surface area (Å²) in [6.45, 7) is 1.90. The van der Waals surface area contributed by atoms with Crippen LogP contribution in [0.4, 0.5) is 0 Å². The molecule has 4 aromatic rings. The minimum atomic E-state index is -2.41. The SMILES string of the molecule is CCc1cc(C2CCC3(Oc4cc5oc(-c6ccc(O)c(O)c6)cc(=O)c5c(O)c42)OC(C(=O)OC2OC(C(=O)O)C(O)C(O)C2O)C(O)C(O)C3O)c[nH]1. The molecule has 2 saturated heterocycles. The Morgan fingerprint density at radius 3 is 2.31 bits per heavy atom. The van der Waals surface area contributed by atoms with Gasteiger partial charge in [0.25, 0.3) is 0 Å². The van der Waals surface area contributed by atoms with Crippen molar-refractivity contribution in [2.24, 2.45) is 0 Å². The summed E-state index contributed by atoms with van der Waals surface area (Å²) in [6, 6.07) is 7.77. The van der Waals surface area contributed by atoms with Crippen molar-refractivity contribution in [1.29, 1.82) is 0 Å². The van der Waals surface area contributed by atoms with E-state index in [0.717, 1.165) is 17.8 Å². The fourth-order valence-corrected chi connectivity index (χ4v) is 7.25. The lowest BCUT2D eigenvalue weighted by molar-refractivity contribution is -0.338. The zero-order chi connectivity index (χ0) is 39.7. The number of phenols is 3. The maximum Gasteiger partial charge on any atom is 0.340 e. The number of nitrogens with one attached hydrogen (secondary N) is 1. The van der Waals surface area contributed by atoms with Crippen LogP contribution in [0, 0.1) is 0 Å². The molecule has 3 aliphatic rings. The number of H-pyrrole nitrogens is 1. The molecule has 2 aromatic carbocycles. The fourth-order valence-electron chi connectivity index (χ4n) is 7.25. The molecule has 19 nitrogen and oxygen atoms in total. The van der Waals surface area contributed by atoms with Gasteiger partial charge in [-0.3, -0.25) is 4.79 Å². The van der Waals surface area contributed by atoms with Gasteiger partial charge in [0.15, 0.2) is 29.1 Å². The lowest BCUT2D eigenvalue weighted by atomic mass is 9.84. The molecule has 0 bridgehead atoms. The van der Waals surface area contributed by atoms with Crippen LogP contribution in [0.15, 0.2) is 51.8 Å². The van der Waals surface area contributed by atoms with Crippen LogP contribution in [0.2, 0.25) is 0 Å². The highest BCUT2D eigenvalue weighted by molar-refractivity contribution is 5.89. The van der Waals surface area contributed by atoms with Crippen molar-refractivity contribution in [1.82, 2.24) is 4.98 Å². The van der Waals surface area contributed by atoms with E-state index in [1.54, 1.807) is 12.3 Å². The third-order valence-corrected chi connectivity index (χ3v) is 10.3. The molecule has 5 heterocycles. The minimum absolute atomic E-state index is 0.0369. The number of aryl methyl sites for hydroxylation is 1. The van der Waals surface area contributed by atoms with Crippen molar-refractivity contribution in [3.05, 3.63) is 69.6 Å². The molecule has 11 N–H and O–H groups in total.